The van der Waals surface area contributed by atoms with E-state index in [-0.39, 0.29) is 34.0 Å². The number of nitrogens with zero attached hydrogens (tertiary/aromatic N) is 2. The van der Waals surface area contributed by atoms with Crippen molar-refractivity contribution in [3.63, 3.8) is 0 Å². The van der Waals surface area contributed by atoms with Crippen molar-refractivity contribution in [1.82, 2.24) is 9.80 Å². The van der Waals surface area contributed by atoms with E-state index in [1.54, 1.807) is 0 Å². The van der Waals surface area contributed by atoms with Crippen LogP contribution < -0.4 is 0 Å². The van der Waals surface area contributed by atoms with Crippen LogP contribution in [0.25, 0.3) is 0 Å². The molecule has 0 aliphatic heterocycles. The monoisotopic (exact) mass is 650 g/mol. The molecule has 0 heterocycles. The lowest BCUT2D eigenvalue weighted by atomic mass is 9.47. The summed E-state index contributed by atoms with van der Waals surface area (Å²) in [4.78, 5) is 35.9. The number of hydrogen-bond donors (Lipinski definition) is 0. The lowest BCUT2D eigenvalue weighted by Crippen LogP contribution is -2.78. The lowest BCUT2D eigenvalue weighted by Gasteiger charge is -2.72. The van der Waals surface area contributed by atoms with E-state index in [1.165, 1.54) is 32.1 Å². The molecule has 260 valence electrons. The number of carbonyl (C=O) groups is 2. The molecular formula is C44H62N2O2. The molecule has 4 nitrogen and oxygen atoms in total. The van der Waals surface area contributed by atoms with Crippen molar-refractivity contribution in [2.24, 2.45) is 35.5 Å². The average Bonchev–Trinajstić information content (AvgIpc) is 3.04. The summed E-state index contributed by atoms with van der Waals surface area (Å²) in [7, 11) is 0. The van der Waals surface area contributed by atoms with E-state index in [9.17, 15) is 0 Å². The maximum atomic E-state index is 15.4. The molecule has 4 bridgehead atoms. The third-order valence-electron chi connectivity index (χ3n) is 14.5. The fourth-order valence-electron chi connectivity index (χ4n) is 13.0. The quantitative estimate of drug-likeness (QED) is 0.285. The van der Waals surface area contributed by atoms with Gasteiger partial charge in [0.1, 0.15) is 0 Å². The van der Waals surface area contributed by atoms with Crippen LogP contribution in [-0.2, 0) is 0 Å². The van der Waals surface area contributed by atoms with Crippen LogP contribution in [0.1, 0.15) is 152 Å². The molecule has 0 aromatic heterocycles. The van der Waals surface area contributed by atoms with Gasteiger partial charge in [-0.15, -0.1) is 0 Å². The maximum Gasteiger partial charge on any atom is 0.254 e. The summed E-state index contributed by atoms with van der Waals surface area (Å²) in [5, 5.41) is 0. The maximum absolute atomic E-state index is 15.4. The van der Waals surface area contributed by atoms with Gasteiger partial charge in [0.15, 0.2) is 0 Å². The molecule has 2 amide bonds. The molecule has 2 aromatic rings. The molecule has 6 aliphatic carbocycles. The molecule has 0 radical (unpaired) electrons. The van der Waals surface area contributed by atoms with Crippen LogP contribution in [0, 0.1) is 35.5 Å². The molecule has 6 saturated carbocycles. The van der Waals surface area contributed by atoms with Gasteiger partial charge < -0.3 is 9.80 Å². The molecule has 0 N–H and O–H groups in total. The highest BCUT2D eigenvalue weighted by atomic mass is 16.2. The van der Waals surface area contributed by atoms with Gasteiger partial charge in [-0.1, -0.05) is 104 Å². The van der Waals surface area contributed by atoms with Crippen LogP contribution in [0.5, 0.6) is 0 Å². The largest absolute Gasteiger partial charge is 0.327 e. The molecule has 48 heavy (non-hydrogen) atoms. The zero-order chi connectivity index (χ0) is 33.9. The van der Waals surface area contributed by atoms with Crippen molar-refractivity contribution in [3.8, 4) is 0 Å². The highest BCUT2D eigenvalue weighted by molar-refractivity contribution is 5.96. The van der Waals surface area contributed by atoms with Gasteiger partial charge in [0, 0.05) is 33.3 Å². The van der Waals surface area contributed by atoms with Gasteiger partial charge in [-0.2, -0.15) is 0 Å². The Labute approximate surface area is 291 Å². The molecular weight excluding hydrogens is 588 g/mol. The Morgan fingerprint density at radius 1 is 0.604 bits per heavy atom. The van der Waals surface area contributed by atoms with Crippen LogP contribution in [0.3, 0.4) is 0 Å². The fraction of sp³-hybridized carbons (Fsp3) is 0.682. The third-order valence-corrected chi connectivity index (χ3v) is 14.5. The first-order chi connectivity index (χ1) is 22.9. The summed E-state index contributed by atoms with van der Waals surface area (Å²) in [5.41, 5.74) is 0.814. The minimum Gasteiger partial charge on any atom is -0.327 e. The van der Waals surface area contributed by atoms with Crippen molar-refractivity contribution in [3.05, 3.63) is 71.8 Å². The van der Waals surface area contributed by atoms with Gasteiger partial charge in [0.25, 0.3) is 11.8 Å². The van der Waals surface area contributed by atoms with Crippen molar-refractivity contribution >= 4 is 11.8 Å². The highest BCUT2D eigenvalue weighted by Gasteiger charge is 2.68. The SMILES string of the molecule is CC1CCCC(C(C)C)(N(C(=O)c2ccccc2)C23CC4CC(C2)CC(N(C(=O)c2ccccc2)C2(C(C)C)CCCC(C)C2)(C4)C3)C1. The summed E-state index contributed by atoms with van der Waals surface area (Å²) in [6, 6.07) is 20.4. The van der Waals surface area contributed by atoms with E-state index >= 15 is 9.59 Å². The van der Waals surface area contributed by atoms with Crippen molar-refractivity contribution in [1.29, 1.82) is 0 Å². The average molecular weight is 651 g/mol. The predicted octanol–water partition coefficient (Wildman–Crippen LogP) is 10.6. The zero-order valence-corrected chi connectivity index (χ0v) is 30.8. The minimum absolute atomic E-state index is 0.180. The molecule has 2 aromatic carbocycles. The van der Waals surface area contributed by atoms with Gasteiger partial charge >= 0.3 is 0 Å². The summed E-state index contributed by atoms with van der Waals surface area (Å²) >= 11 is 0. The summed E-state index contributed by atoms with van der Waals surface area (Å²) in [6.45, 7) is 14.4. The second-order valence-corrected chi connectivity index (χ2v) is 18.3. The van der Waals surface area contributed by atoms with Crippen LogP contribution in [0.4, 0.5) is 0 Å². The van der Waals surface area contributed by atoms with E-state index in [0.717, 1.165) is 68.9 Å². The Bertz CT molecular complexity index is 1350. The van der Waals surface area contributed by atoms with Crippen molar-refractivity contribution in [2.75, 3.05) is 0 Å². The van der Waals surface area contributed by atoms with Gasteiger partial charge in [0.05, 0.1) is 0 Å². The molecule has 6 fully saturated rings. The Kier molecular flexibility index (Phi) is 8.89. The van der Waals surface area contributed by atoms with Gasteiger partial charge in [-0.05, 0) is 124 Å². The molecule has 4 atom stereocenters. The van der Waals surface area contributed by atoms with E-state index in [2.05, 4.69) is 51.3 Å². The molecule has 4 heteroatoms. The van der Waals surface area contributed by atoms with Crippen LogP contribution >= 0.6 is 0 Å². The Hall–Kier alpha value is -2.62. The summed E-state index contributed by atoms with van der Waals surface area (Å²) in [5.74, 6) is 3.47. The number of carbonyl (C=O) groups excluding carboxylic acids is 2. The molecule has 6 aliphatic rings. The standard InChI is InChI=1S/C44H62N2O2/c1-31(2)43(21-13-15-33(5)24-43)45(39(47)37-17-9-7-10-18-37)41-26-35-23-36(27-41)29-42(28-35,30-41)46(40(48)38-19-11-8-12-20-38)44(32(3)4)22-14-16-34(6)25-44/h7-12,17-20,31-36H,13-16,21-30H2,1-6H3. The topological polar surface area (TPSA) is 40.6 Å². The Morgan fingerprint density at radius 2 is 0.979 bits per heavy atom. The minimum atomic E-state index is -0.244. The van der Waals surface area contributed by atoms with E-state index in [0.29, 0.717) is 35.5 Å². The number of benzene rings is 2. The lowest BCUT2D eigenvalue weighted by molar-refractivity contribution is -0.186. The highest BCUT2D eigenvalue weighted by Crippen LogP contribution is 2.66. The number of rotatable bonds is 8. The number of hydrogen-bond acceptors (Lipinski definition) is 2. The molecule has 0 spiro atoms. The first kappa shape index (κ1) is 33.9. The number of amides is 2. The Morgan fingerprint density at radius 3 is 1.31 bits per heavy atom. The van der Waals surface area contributed by atoms with E-state index < -0.39 is 0 Å². The normalized spacial score (nSPS) is 37.5. The first-order valence-corrected chi connectivity index (χ1v) is 19.7. The first-order valence-electron chi connectivity index (χ1n) is 19.7. The smallest absolute Gasteiger partial charge is 0.254 e. The van der Waals surface area contributed by atoms with E-state index in [1.807, 2.05) is 60.7 Å². The fourth-order valence-corrected chi connectivity index (χ4v) is 13.0. The van der Waals surface area contributed by atoms with Crippen molar-refractivity contribution in [2.45, 2.75) is 154 Å². The van der Waals surface area contributed by atoms with Crippen LogP contribution in [0.2, 0.25) is 0 Å². The van der Waals surface area contributed by atoms with Crippen LogP contribution in [0.15, 0.2) is 60.7 Å². The van der Waals surface area contributed by atoms with Gasteiger partial charge in [-0.3, -0.25) is 9.59 Å². The second-order valence-electron chi connectivity index (χ2n) is 18.3. The molecule has 4 unspecified atom stereocenters. The second kappa shape index (κ2) is 12.6. The summed E-state index contributed by atoms with van der Waals surface area (Å²) in [6.07, 6.45) is 15.7. The van der Waals surface area contributed by atoms with Gasteiger partial charge in [-0.25, -0.2) is 0 Å². The third kappa shape index (κ3) is 5.47. The van der Waals surface area contributed by atoms with E-state index in [4.69, 9.17) is 0 Å². The van der Waals surface area contributed by atoms with Crippen molar-refractivity contribution < 1.29 is 9.59 Å². The summed E-state index contributed by atoms with van der Waals surface area (Å²) < 4.78 is 0. The van der Waals surface area contributed by atoms with Crippen LogP contribution in [-0.4, -0.2) is 43.8 Å². The molecule has 0 saturated heterocycles. The zero-order valence-electron chi connectivity index (χ0n) is 30.8. The van der Waals surface area contributed by atoms with Gasteiger partial charge in [0.2, 0.25) is 0 Å². The molecule has 8 rings (SSSR count). The predicted molar refractivity (Wildman–Crippen MR) is 196 cm³/mol. The Balaban J connectivity index is 1.42.